The molecule has 3 aromatic heterocycles. The predicted molar refractivity (Wildman–Crippen MR) is 151 cm³/mol. The lowest BCUT2D eigenvalue weighted by molar-refractivity contribution is 0.670. The van der Waals surface area contributed by atoms with Crippen molar-refractivity contribution in [3.63, 3.8) is 0 Å². The van der Waals surface area contributed by atoms with Crippen LogP contribution < -0.4 is 0 Å². The van der Waals surface area contributed by atoms with Gasteiger partial charge in [-0.25, -0.2) is 0 Å². The van der Waals surface area contributed by atoms with Crippen LogP contribution in [-0.4, -0.2) is 0 Å². The second-order valence-electron chi connectivity index (χ2n) is 8.69. The van der Waals surface area contributed by atoms with Crippen LogP contribution in [0.15, 0.2) is 78.9 Å². The molecule has 3 aromatic carbocycles. The minimum absolute atomic E-state index is 1.21. The summed E-state index contributed by atoms with van der Waals surface area (Å²) in [5.74, 6) is 0. The molecule has 6 rings (SSSR count). The zero-order valence-electron chi connectivity index (χ0n) is 18.8. The van der Waals surface area contributed by atoms with Crippen molar-refractivity contribution in [2.24, 2.45) is 0 Å². The number of hydrogen-bond acceptors (Lipinski definition) is 3. The van der Waals surface area contributed by atoms with E-state index in [9.17, 15) is 0 Å². The fourth-order valence-corrected chi connectivity index (χ4v) is 8.25. The number of thiophene rings is 3. The van der Waals surface area contributed by atoms with Crippen molar-refractivity contribution < 1.29 is 0 Å². The lowest BCUT2D eigenvalue weighted by Crippen LogP contribution is -1.80. The van der Waals surface area contributed by atoms with Crippen LogP contribution in [-0.2, 0) is 6.42 Å². The molecule has 0 unspecified atom stereocenters. The molecule has 164 valence electrons. The van der Waals surface area contributed by atoms with Crippen LogP contribution in [0, 0.1) is 0 Å². The van der Waals surface area contributed by atoms with Crippen LogP contribution in [0.25, 0.3) is 51.1 Å². The van der Waals surface area contributed by atoms with Gasteiger partial charge in [0.15, 0.2) is 0 Å². The summed E-state index contributed by atoms with van der Waals surface area (Å²) in [6.45, 7) is 2.28. The van der Waals surface area contributed by atoms with E-state index in [0.717, 1.165) is 0 Å². The van der Waals surface area contributed by atoms with Crippen molar-refractivity contribution in [2.45, 2.75) is 39.0 Å². The van der Waals surface area contributed by atoms with Gasteiger partial charge in [0.1, 0.15) is 0 Å². The van der Waals surface area contributed by atoms with Crippen LogP contribution in [0.4, 0.5) is 0 Å². The molecule has 0 aliphatic rings. The van der Waals surface area contributed by atoms with Gasteiger partial charge in [-0.1, -0.05) is 74.7 Å². The van der Waals surface area contributed by atoms with E-state index in [1.165, 1.54) is 88.1 Å². The molecule has 0 atom stereocenters. The Morgan fingerprint density at radius 1 is 0.576 bits per heavy atom. The van der Waals surface area contributed by atoms with Gasteiger partial charge in [0, 0.05) is 45.6 Å². The van der Waals surface area contributed by atoms with Gasteiger partial charge < -0.3 is 0 Å². The Morgan fingerprint density at radius 2 is 1.33 bits per heavy atom. The highest BCUT2D eigenvalue weighted by atomic mass is 32.1. The van der Waals surface area contributed by atoms with Gasteiger partial charge in [0.25, 0.3) is 0 Å². The quantitative estimate of drug-likeness (QED) is 0.198. The van der Waals surface area contributed by atoms with Gasteiger partial charge in [-0.05, 0) is 48.7 Å². The van der Waals surface area contributed by atoms with E-state index < -0.39 is 0 Å². The fourth-order valence-electron chi connectivity index (χ4n) is 4.72. The smallest absolute Gasteiger partial charge is 0.0527 e. The topological polar surface area (TPSA) is 0 Å². The third-order valence-electron chi connectivity index (χ3n) is 6.42. The average Bonchev–Trinajstić information content (AvgIpc) is 3.56. The second-order valence-corrected chi connectivity index (χ2v) is 12.0. The van der Waals surface area contributed by atoms with Crippen LogP contribution in [0.1, 0.15) is 37.5 Å². The number of benzene rings is 3. The van der Waals surface area contributed by atoms with Crippen molar-refractivity contribution in [3.8, 4) is 20.2 Å². The number of rotatable bonds is 7. The van der Waals surface area contributed by atoms with E-state index in [4.69, 9.17) is 0 Å². The molecular weight excluding hydrogens is 457 g/mol. The van der Waals surface area contributed by atoms with Gasteiger partial charge >= 0.3 is 0 Å². The SMILES string of the molecule is CCCCCCc1ccc(-c2sc(-c3ccc4sc5ccccc5c4c3)c3ccccc23)s1. The number of hydrogen-bond donors (Lipinski definition) is 0. The zero-order valence-corrected chi connectivity index (χ0v) is 21.2. The number of unbranched alkanes of at least 4 members (excludes halogenated alkanes) is 3. The molecule has 3 heteroatoms. The minimum atomic E-state index is 1.21. The molecule has 0 amide bonds. The Bertz CT molecular complexity index is 1560. The van der Waals surface area contributed by atoms with Crippen LogP contribution in [0.3, 0.4) is 0 Å². The Hall–Kier alpha value is -2.46. The molecule has 33 heavy (non-hydrogen) atoms. The average molecular weight is 483 g/mol. The Morgan fingerprint density at radius 3 is 2.18 bits per heavy atom. The lowest BCUT2D eigenvalue weighted by atomic mass is 10.0. The molecular formula is C30H26S3. The summed E-state index contributed by atoms with van der Waals surface area (Å²) >= 11 is 5.83. The third-order valence-corrected chi connectivity index (χ3v) is 10.2. The maximum atomic E-state index is 2.41. The van der Waals surface area contributed by atoms with Gasteiger partial charge in [-0.2, -0.15) is 0 Å². The van der Waals surface area contributed by atoms with Crippen LogP contribution in [0.2, 0.25) is 0 Å². The van der Waals surface area contributed by atoms with Gasteiger partial charge in [0.2, 0.25) is 0 Å². The second kappa shape index (κ2) is 9.06. The van der Waals surface area contributed by atoms with E-state index in [0.29, 0.717) is 0 Å². The van der Waals surface area contributed by atoms with Crippen molar-refractivity contribution in [1.82, 2.24) is 0 Å². The molecule has 0 spiro atoms. The summed E-state index contributed by atoms with van der Waals surface area (Å²) in [5.41, 5.74) is 1.33. The van der Waals surface area contributed by atoms with Gasteiger partial charge in [0.05, 0.1) is 4.88 Å². The molecule has 0 nitrogen and oxygen atoms in total. The van der Waals surface area contributed by atoms with E-state index in [1.807, 2.05) is 34.0 Å². The summed E-state index contributed by atoms with van der Waals surface area (Å²) in [4.78, 5) is 5.73. The molecule has 0 aliphatic heterocycles. The predicted octanol–water partition coefficient (Wildman–Crippen LogP) is 10.8. The third kappa shape index (κ3) is 3.93. The van der Waals surface area contributed by atoms with Crippen molar-refractivity contribution in [1.29, 1.82) is 0 Å². The first-order valence-electron chi connectivity index (χ1n) is 11.8. The highest BCUT2D eigenvalue weighted by Gasteiger charge is 2.16. The summed E-state index contributed by atoms with van der Waals surface area (Å²) in [5, 5.41) is 5.49. The molecule has 3 heterocycles. The highest BCUT2D eigenvalue weighted by Crippen LogP contribution is 2.47. The molecule has 0 aliphatic carbocycles. The van der Waals surface area contributed by atoms with Crippen molar-refractivity contribution in [2.75, 3.05) is 0 Å². The monoisotopic (exact) mass is 482 g/mol. The van der Waals surface area contributed by atoms with Gasteiger partial charge in [-0.3, -0.25) is 0 Å². The van der Waals surface area contributed by atoms with Gasteiger partial charge in [-0.15, -0.1) is 34.0 Å². The Balaban J connectivity index is 1.42. The minimum Gasteiger partial charge on any atom is -0.139 e. The first-order valence-corrected chi connectivity index (χ1v) is 14.3. The van der Waals surface area contributed by atoms with Crippen molar-refractivity contribution >= 4 is 65.0 Å². The van der Waals surface area contributed by atoms with Crippen LogP contribution in [0.5, 0.6) is 0 Å². The summed E-state index contributed by atoms with van der Waals surface area (Å²) in [6, 6.07) is 29.4. The fraction of sp³-hybridized carbons (Fsp3) is 0.200. The van der Waals surface area contributed by atoms with E-state index in [2.05, 4.69) is 85.8 Å². The molecule has 0 radical (unpaired) electrons. The number of fused-ring (bicyclic) bond motifs is 4. The highest BCUT2D eigenvalue weighted by molar-refractivity contribution is 7.26. The van der Waals surface area contributed by atoms with Crippen molar-refractivity contribution in [3.05, 3.63) is 83.7 Å². The maximum absolute atomic E-state index is 2.41. The maximum Gasteiger partial charge on any atom is 0.0527 e. The summed E-state index contributed by atoms with van der Waals surface area (Å²) in [7, 11) is 0. The van der Waals surface area contributed by atoms with E-state index >= 15 is 0 Å². The summed E-state index contributed by atoms with van der Waals surface area (Å²) < 4.78 is 2.73. The standard InChI is InChI=1S/C30H26S3/c1-2-3-4-5-10-21-16-18-28(31-21)30-24-13-7-6-12-23(24)29(33-30)20-15-17-27-25(19-20)22-11-8-9-14-26(22)32-27/h6-9,11-19H,2-5,10H2,1H3. The van der Waals surface area contributed by atoms with E-state index in [-0.39, 0.29) is 0 Å². The Labute approximate surface area is 207 Å². The molecule has 6 aromatic rings. The van der Waals surface area contributed by atoms with E-state index in [1.54, 1.807) is 0 Å². The first-order chi connectivity index (χ1) is 16.3. The normalized spacial score (nSPS) is 11.8. The Kier molecular flexibility index (Phi) is 5.79. The van der Waals surface area contributed by atoms with Crippen LogP contribution >= 0.6 is 34.0 Å². The molecule has 0 fully saturated rings. The largest absolute Gasteiger partial charge is 0.139 e. The zero-order chi connectivity index (χ0) is 22.2. The first kappa shape index (κ1) is 21.1. The molecule has 0 saturated heterocycles. The molecule has 0 N–H and O–H groups in total. The summed E-state index contributed by atoms with van der Waals surface area (Å²) in [6.07, 6.45) is 6.50. The molecule has 0 bridgehead atoms. The molecule has 0 saturated carbocycles. The lowest BCUT2D eigenvalue weighted by Gasteiger charge is -2.00. The number of aryl methyl sites for hydroxylation is 1.